The second-order valence-corrected chi connectivity index (χ2v) is 5.66. The van der Waals surface area contributed by atoms with Crippen LogP contribution in [0.1, 0.15) is 24.8 Å². The number of alkyl halides is 2. The van der Waals surface area contributed by atoms with Crippen molar-refractivity contribution in [2.24, 2.45) is 0 Å². The van der Waals surface area contributed by atoms with E-state index in [0.29, 0.717) is 11.4 Å². The summed E-state index contributed by atoms with van der Waals surface area (Å²) in [5.41, 5.74) is 6.38. The summed E-state index contributed by atoms with van der Waals surface area (Å²) >= 11 is 1.80. The van der Waals surface area contributed by atoms with E-state index in [2.05, 4.69) is 11.6 Å². The molecule has 0 bridgehead atoms. The molecule has 2 rings (SSSR count). The molecule has 17 heavy (non-hydrogen) atoms. The third-order valence-corrected chi connectivity index (χ3v) is 4.57. The molecule has 1 fully saturated rings. The maximum atomic E-state index is 12.8. The predicted molar refractivity (Wildman–Crippen MR) is 69.8 cm³/mol. The molecule has 1 aliphatic rings. The number of anilines is 2. The fourth-order valence-electron chi connectivity index (χ4n) is 1.77. The van der Waals surface area contributed by atoms with Crippen LogP contribution in [0.5, 0.6) is 0 Å². The molecule has 0 spiro atoms. The predicted octanol–water partition coefficient (Wildman–Crippen LogP) is 3.51. The van der Waals surface area contributed by atoms with E-state index >= 15 is 0 Å². The van der Waals surface area contributed by atoms with Gasteiger partial charge in [0.15, 0.2) is 0 Å². The van der Waals surface area contributed by atoms with Crippen LogP contribution in [0.4, 0.5) is 20.2 Å². The Labute approximate surface area is 104 Å². The smallest absolute Gasteiger partial charge is 0.265 e. The SMILES string of the molecule is CSC1(CNc2ccc(N)cc2C(F)F)CC1. The van der Waals surface area contributed by atoms with Gasteiger partial charge in [0.05, 0.1) is 0 Å². The van der Waals surface area contributed by atoms with Gasteiger partial charge in [0.2, 0.25) is 0 Å². The maximum Gasteiger partial charge on any atom is 0.265 e. The van der Waals surface area contributed by atoms with E-state index < -0.39 is 6.43 Å². The Morgan fingerprint density at radius 1 is 1.47 bits per heavy atom. The monoisotopic (exact) mass is 258 g/mol. The number of hydrogen-bond acceptors (Lipinski definition) is 3. The highest BCUT2D eigenvalue weighted by atomic mass is 32.2. The van der Waals surface area contributed by atoms with Gasteiger partial charge in [-0.15, -0.1) is 0 Å². The van der Waals surface area contributed by atoms with Gasteiger partial charge in [-0.25, -0.2) is 8.78 Å². The topological polar surface area (TPSA) is 38.0 Å². The van der Waals surface area contributed by atoms with Gasteiger partial charge < -0.3 is 11.1 Å². The zero-order chi connectivity index (χ0) is 12.5. The summed E-state index contributed by atoms with van der Waals surface area (Å²) in [7, 11) is 0. The molecule has 1 aliphatic carbocycles. The van der Waals surface area contributed by atoms with Crippen molar-refractivity contribution >= 4 is 23.1 Å². The lowest BCUT2D eigenvalue weighted by Gasteiger charge is -2.17. The van der Waals surface area contributed by atoms with E-state index in [1.165, 1.54) is 6.07 Å². The van der Waals surface area contributed by atoms with Crippen molar-refractivity contribution in [2.45, 2.75) is 24.0 Å². The van der Waals surface area contributed by atoms with E-state index in [1.54, 1.807) is 23.9 Å². The third-order valence-electron chi connectivity index (χ3n) is 3.15. The van der Waals surface area contributed by atoms with Crippen molar-refractivity contribution in [3.8, 4) is 0 Å². The van der Waals surface area contributed by atoms with Crippen molar-refractivity contribution in [1.82, 2.24) is 0 Å². The van der Waals surface area contributed by atoms with Gasteiger partial charge in [-0.2, -0.15) is 11.8 Å². The molecule has 0 radical (unpaired) electrons. The van der Waals surface area contributed by atoms with Crippen molar-refractivity contribution in [3.63, 3.8) is 0 Å². The number of halogens is 2. The Morgan fingerprint density at radius 2 is 2.18 bits per heavy atom. The molecule has 5 heteroatoms. The van der Waals surface area contributed by atoms with Gasteiger partial charge in [-0.1, -0.05) is 0 Å². The van der Waals surface area contributed by atoms with Gasteiger partial charge in [0, 0.05) is 28.2 Å². The first-order chi connectivity index (χ1) is 8.06. The Kier molecular flexibility index (Phi) is 3.47. The standard InChI is InChI=1S/C12H16F2N2S/c1-17-12(4-5-12)7-16-10-3-2-8(15)6-9(10)11(13)14/h2-3,6,11,16H,4-5,7,15H2,1H3. The minimum atomic E-state index is -2.49. The molecule has 1 aromatic carbocycles. The van der Waals surface area contributed by atoms with Gasteiger partial charge in [0.1, 0.15) is 0 Å². The Hall–Kier alpha value is -0.970. The highest BCUT2D eigenvalue weighted by Crippen LogP contribution is 2.47. The summed E-state index contributed by atoms with van der Waals surface area (Å²) in [6.07, 6.45) is 1.87. The van der Waals surface area contributed by atoms with Crippen LogP contribution in [0.2, 0.25) is 0 Å². The number of thioether (sulfide) groups is 1. The molecular weight excluding hydrogens is 242 g/mol. The number of nitrogens with one attached hydrogen (secondary N) is 1. The van der Waals surface area contributed by atoms with Crippen LogP contribution >= 0.6 is 11.8 Å². The van der Waals surface area contributed by atoms with Crippen LogP contribution in [0.15, 0.2) is 18.2 Å². The molecule has 3 N–H and O–H groups in total. The summed E-state index contributed by atoms with van der Waals surface area (Å²) in [4.78, 5) is 0. The Bertz CT molecular complexity index is 405. The van der Waals surface area contributed by atoms with E-state index in [9.17, 15) is 8.78 Å². The summed E-state index contributed by atoms with van der Waals surface area (Å²) in [5, 5.41) is 3.12. The summed E-state index contributed by atoms with van der Waals surface area (Å²) in [6.45, 7) is 0.734. The highest BCUT2D eigenvalue weighted by Gasteiger charge is 2.41. The van der Waals surface area contributed by atoms with Crippen molar-refractivity contribution < 1.29 is 8.78 Å². The average molecular weight is 258 g/mol. The van der Waals surface area contributed by atoms with Crippen molar-refractivity contribution in [3.05, 3.63) is 23.8 Å². The zero-order valence-electron chi connectivity index (χ0n) is 9.67. The largest absolute Gasteiger partial charge is 0.399 e. The minimum absolute atomic E-state index is 0.0121. The average Bonchev–Trinajstić information content (AvgIpc) is 3.08. The molecule has 0 heterocycles. The molecule has 0 saturated heterocycles. The number of hydrogen-bond donors (Lipinski definition) is 2. The lowest BCUT2D eigenvalue weighted by molar-refractivity contribution is 0.152. The van der Waals surface area contributed by atoms with Gasteiger partial charge in [-0.05, 0) is 37.3 Å². The maximum absolute atomic E-state index is 12.8. The van der Waals surface area contributed by atoms with Crippen LogP contribution in [-0.4, -0.2) is 17.5 Å². The second-order valence-electron chi connectivity index (χ2n) is 4.39. The molecule has 0 aromatic heterocycles. The first kappa shape index (κ1) is 12.5. The van der Waals surface area contributed by atoms with Crippen LogP contribution in [0.3, 0.4) is 0 Å². The quantitative estimate of drug-likeness (QED) is 0.794. The number of rotatable bonds is 5. The minimum Gasteiger partial charge on any atom is -0.399 e. The van der Waals surface area contributed by atoms with Gasteiger partial charge in [-0.3, -0.25) is 0 Å². The van der Waals surface area contributed by atoms with Gasteiger partial charge in [0.25, 0.3) is 6.43 Å². The summed E-state index contributed by atoms with van der Waals surface area (Å²) < 4.78 is 25.9. The Morgan fingerprint density at radius 3 is 2.71 bits per heavy atom. The second kappa shape index (κ2) is 4.72. The van der Waals surface area contributed by atoms with E-state index in [1.807, 2.05) is 0 Å². The third kappa shape index (κ3) is 2.83. The van der Waals surface area contributed by atoms with Crippen LogP contribution < -0.4 is 11.1 Å². The Balaban J connectivity index is 2.09. The number of nitrogens with two attached hydrogens (primary N) is 1. The molecule has 0 atom stereocenters. The van der Waals surface area contributed by atoms with Crippen molar-refractivity contribution in [2.75, 3.05) is 23.9 Å². The summed E-state index contributed by atoms with van der Waals surface area (Å²) in [6, 6.07) is 4.62. The van der Waals surface area contributed by atoms with E-state index in [4.69, 9.17) is 5.73 Å². The molecular formula is C12H16F2N2S. The lowest BCUT2D eigenvalue weighted by atomic mass is 10.1. The number of nitrogen functional groups attached to an aromatic ring is 1. The first-order valence-electron chi connectivity index (χ1n) is 5.53. The molecule has 2 nitrogen and oxygen atoms in total. The van der Waals surface area contributed by atoms with Crippen LogP contribution in [0, 0.1) is 0 Å². The van der Waals surface area contributed by atoms with Crippen LogP contribution in [0.25, 0.3) is 0 Å². The van der Waals surface area contributed by atoms with Crippen molar-refractivity contribution in [1.29, 1.82) is 0 Å². The van der Waals surface area contributed by atoms with Gasteiger partial charge >= 0.3 is 0 Å². The molecule has 0 aliphatic heterocycles. The first-order valence-corrected chi connectivity index (χ1v) is 6.75. The zero-order valence-corrected chi connectivity index (χ0v) is 10.5. The fourth-order valence-corrected chi connectivity index (χ4v) is 2.50. The lowest BCUT2D eigenvalue weighted by Crippen LogP contribution is -2.18. The summed E-state index contributed by atoms with van der Waals surface area (Å²) in [5.74, 6) is 0. The van der Waals surface area contributed by atoms with E-state index in [0.717, 1.165) is 19.4 Å². The fraction of sp³-hybridized carbons (Fsp3) is 0.500. The normalized spacial score (nSPS) is 17.2. The molecule has 94 valence electrons. The number of benzene rings is 1. The molecule has 1 aromatic rings. The molecule has 0 unspecified atom stereocenters. The molecule has 0 amide bonds. The van der Waals surface area contributed by atoms with Crippen LogP contribution in [-0.2, 0) is 0 Å². The highest BCUT2D eigenvalue weighted by molar-refractivity contribution is 8.00. The van der Waals surface area contributed by atoms with E-state index in [-0.39, 0.29) is 10.3 Å². The molecule has 1 saturated carbocycles.